The molecule has 0 aliphatic rings. The van der Waals surface area contributed by atoms with Crippen LogP contribution in [0, 0.1) is 0 Å². The molecule has 0 unspecified atom stereocenters. The summed E-state index contributed by atoms with van der Waals surface area (Å²) in [6.07, 6.45) is 0.750. The van der Waals surface area contributed by atoms with E-state index in [1.165, 1.54) is 7.85 Å². The Morgan fingerprint density at radius 1 is 2.00 bits per heavy atom. The van der Waals surface area contributed by atoms with E-state index in [4.69, 9.17) is 4.79 Å². The van der Waals surface area contributed by atoms with Gasteiger partial charge in [0.1, 0.15) is 0 Å². The number of hydrogen-bond acceptors (Lipinski definition) is 1. The van der Waals surface area contributed by atoms with Crippen molar-refractivity contribution in [2.45, 2.75) is 0 Å². The van der Waals surface area contributed by atoms with Crippen LogP contribution in [-0.4, -0.2) is 32.9 Å². The first-order valence-electron chi connectivity index (χ1n) is 0.813. The zero-order valence-electron chi connectivity index (χ0n) is 2.99. The first-order chi connectivity index (χ1) is 1.41. The van der Waals surface area contributed by atoms with E-state index in [2.05, 4.69) is 0 Å². The summed E-state index contributed by atoms with van der Waals surface area (Å²) < 4.78 is 0. The third-order valence-electron chi connectivity index (χ3n) is 0. The molecule has 1 nitrogen and oxygen atoms in total. The molecule has 3 heteroatoms. The third kappa shape index (κ3) is 37.5. The second-order valence-electron chi connectivity index (χ2n) is 0.236. The molecule has 0 spiro atoms. The van der Waals surface area contributed by atoms with E-state index in [-0.39, 0.29) is 20.3 Å². The summed E-state index contributed by atoms with van der Waals surface area (Å²) in [4.78, 5) is 8.81. The molecule has 0 saturated heterocycles. The van der Waals surface area contributed by atoms with Gasteiger partial charge in [0.05, 0.1) is 6.19 Å². The van der Waals surface area contributed by atoms with E-state index in [0.29, 0.717) is 0 Å². The van der Waals surface area contributed by atoms with Crippen molar-refractivity contribution < 1.29 is 6.22 Å². The van der Waals surface area contributed by atoms with E-state index in [9.17, 15) is 0 Å². The van der Waals surface area contributed by atoms with E-state index in [0.717, 1.165) is 6.19 Å². The quantitative estimate of drug-likeness (QED) is 0.236. The van der Waals surface area contributed by atoms with Gasteiger partial charge in [-0.3, -0.25) is 0 Å². The second-order valence-corrected chi connectivity index (χ2v) is 0.236. The van der Waals surface area contributed by atoms with Crippen LogP contribution in [0.1, 0.15) is 1.43 Å². The Morgan fingerprint density at radius 2 is 2.00 bits per heavy atom. The summed E-state index contributed by atoms with van der Waals surface area (Å²) in [5, 5.41) is 0. The Kier molecular flexibility index (Phi) is 22.6. The molecule has 0 aromatic carbocycles. The fraction of sp³-hybridized carbons (Fsp3) is 0. The molecular formula is CH5BLiO+. The summed E-state index contributed by atoms with van der Waals surface area (Å²) in [7, 11) is 1.44. The van der Waals surface area contributed by atoms with Gasteiger partial charge in [-0.25, -0.2) is 0 Å². The van der Waals surface area contributed by atoms with Gasteiger partial charge in [-0.2, -0.15) is 0 Å². The Bertz CT molecular complexity index is 19.1. The topological polar surface area (TPSA) is 17.1 Å². The SMILES string of the molecule is BC=O.[H+].[LiH]. The standard InChI is InChI=1S/CH3BO.Li.H/c2-1-3;;/h1H,2H2;;/p+1. The Morgan fingerprint density at radius 3 is 2.00 bits per heavy atom. The average Bonchev–Trinajstić information content (AvgIpc) is 0.918. The first kappa shape index (κ1) is 8.84. The van der Waals surface area contributed by atoms with E-state index in [1.54, 1.807) is 0 Å². The molecule has 0 fully saturated rings. The molecule has 0 aromatic rings. The molecule has 0 aliphatic carbocycles. The van der Waals surface area contributed by atoms with Crippen molar-refractivity contribution in [2.75, 3.05) is 0 Å². The van der Waals surface area contributed by atoms with Crippen LogP contribution in [0.5, 0.6) is 0 Å². The monoisotopic (exact) mass is 51.1 g/mol. The fourth-order valence-electron chi connectivity index (χ4n) is 0. The predicted octanol–water partition coefficient (Wildman–Crippen LogP) is -1.73. The van der Waals surface area contributed by atoms with Gasteiger partial charge in [-0.1, -0.05) is 0 Å². The van der Waals surface area contributed by atoms with Crippen molar-refractivity contribution in [3.63, 3.8) is 0 Å². The zero-order valence-corrected chi connectivity index (χ0v) is 1.99. The predicted molar refractivity (Wildman–Crippen MR) is 23.6 cm³/mol. The molecule has 0 aromatic heterocycles. The van der Waals surface area contributed by atoms with Gasteiger partial charge >= 0.3 is 20.3 Å². The van der Waals surface area contributed by atoms with Crippen molar-refractivity contribution in [1.29, 1.82) is 0 Å². The van der Waals surface area contributed by atoms with Crippen LogP contribution in [0.25, 0.3) is 0 Å². The van der Waals surface area contributed by atoms with Gasteiger partial charge in [0.15, 0.2) is 7.85 Å². The molecule has 0 atom stereocenters. The molecule has 4 heavy (non-hydrogen) atoms. The summed E-state index contributed by atoms with van der Waals surface area (Å²) in [5.74, 6) is 0. The summed E-state index contributed by atoms with van der Waals surface area (Å²) in [6.45, 7) is 0. The van der Waals surface area contributed by atoms with Crippen LogP contribution in [0.4, 0.5) is 0 Å². The average molecular weight is 50.8 g/mol. The van der Waals surface area contributed by atoms with Crippen LogP contribution in [0.2, 0.25) is 0 Å². The van der Waals surface area contributed by atoms with Gasteiger partial charge in [0.2, 0.25) is 0 Å². The van der Waals surface area contributed by atoms with Gasteiger partial charge in [0, 0.05) is 0 Å². The summed E-state index contributed by atoms with van der Waals surface area (Å²) in [6, 6.07) is 0. The minimum absolute atomic E-state index is 0. The van der Waals surface area contributed by atoms with Crippen molar-refractivity contribution in [2.24, 2.45) is 0 Å². The molecule has 0 aliphatic heterocycles. The molecule has 0 rings (SSSR count). The Labute approximate surface area is 39.8 Å². The maximum absolute atomic E-state index is 8.81. The maximum atomic E-state index is 8.81. The van der Waals surface area contributed by atoms with Crippen LogP contribution < -0.4 is 0 Å². The third-order valence-corrected chi connectivity index (χ3v) is 0. The molecule has 0 heterocycles. The van der Waals surface area contributed by atoms with E-state index >= 15 is 0 Å². The minimum atomic E-state index is 0. The van der Waals surface area contributed by atoms with Crippen LogP contribution in [-0.2, 0) is 4.79 Å². The summed E-state index contributed by atoms with van der Waals surface area (Å²) >= 11 is 0. The molecule has 0 N–H and O–H groups in total. The molecule has 0 radical (unpaired) electrons. The second kappa shape index (κ2) is 10.2. The van der Waals surface area contributed by atoms with Gasteiger partial charge in [0.25, 0.3) is 0 Å². The molecule has 0 saturated carbocycles. The number of rotatable bonds is 0. The number of hydrogen-bond donors (Lipinski definition) is 0. The van der Waals surface area contributed by atoms with Crippen molar-refractivity contribution in [3.05, 3.63) is 0 Å². The van der Waals surface area contributed by atoms with Crippen LogP contribution >= 0.6 is 0 Å². The molecular weight excluding hydrogens is 45.8 g/mol. The molecule has 0 amide bonds. The fourth-order valence-corrected chi connectivity index (χ4v) is 0. The van der Waals surface area contributed by atoms with E-state index in [1.807, 2.05) is 0 Å². The van der Waals surface area contributed by atoms with E-state index < -0.39 is 0 Å². The summed E-state index contributed by atoms with van der Waals surface area (Å²) in [5.41, 5.74) is 0. The number of carbonyl (C=O) groups is 1. The van der Waals surface area contributed by atoms with Crippen molar-refractivity contribution >= 4 is 32.9 Å². The Hall–Kier alpha value is 0.332. The normalized spacial score (nSPS) is 3.00. The van der Waals surface area contributed by atoms with Crippen LogP contribution in [0.3, 0.4) is 0 Å². The Balaban J connectivity index is -0.0000000200. The number of carbonyl (C=O) groups excluding carboxylic acids is 1. The molecule has 0 bridgehead atoms. The zero-order chi connectivity index (χ0) is 2.71. The molecule has 18 valence electrons. The van der Waals surface area contributed by atoms with Gasteiger partial charge in [-0.15, -0.1) is 0 Å². The van der Waals surface area contributed by atoms with Gasteiger partial charge < -0.3 is 4.79 Å². The first-order valence-corrected chi connectivity index (χ1v) is 0.813. The van der Waals surface area contributed by atoms with Crippen molar-refractivity contribution in [3.8, 4) is 0 Å². The van der Waals surface area contributed by atoms with Gasteiger partial charge in [-0.05, 0) is 0 Å². The van der Waals surface area contributed by atoms with Crippen molar-refractivity contribution in [1.82, 2.24) is 0 Å². The van der Waals surface area contributed by atoms with Crippen LogP contribution in [0.15, 0.2) is 0 Å².